The quantitative estimate of drug-likeness (QED) is 0.418. The highest BCUT2D eigenvalue weighted by atomic mass is 14.9. The summed E-state index contributed by atoms with van der Waals surface area (Å²) in [5.74, 6) is 1.42. The molecule has 0 fully saturated rings. The molecule has 0 aliphatic rings. The summed E-state index contributed by atoms with van der Waals surface area (Å²) in [6.45, 7) is 13.5. The molecule has 0 heterocycles. The van der Waals surface area contributed by atoms with E-state index in [-0.39, 0.29) is 0 Å². The molecule has 0 aliphatic heterocycles. The fraction of sp³-hybridized carbons (Fsp3) is 0.500. The normalized spacial score (nSPS) is 13.5. The molecule has 0 saturated carbocycles. The Bertz CT molecular complexity index is 600. The summed E-state index contributed by atoms with van der Waals surface area (Å²) in [7, 11) is 0. The molecule has 2 unspecified atom stereocenters. The van der Waals surface area contributed by atoms with Crippen molar-refractivity contribution in [2.24, 2.45) is 11.8 Å². The van der Waals surface area contributed by atoms with E-state index < -0.39 is 0 Å². The van der Waals surface area contributed by atoms with Gasteiger partial charge in [-0.3, -0.25) is 0 Å². The van der Waals surface area contributed by atoms with Crippen LogP contribution in [0.25, 0.3) is 0 Å². The maximum Gasteiger partial charge on any atom is 0.0385 e. The second kappa shape index (κ2) is 10.2. The first-order chi connectivity index (χ1) is 12.8. The smallest absolute Gasteiger partial charge is 0.0385 e. The standard InChI is InChI=1S/C24H37N3/c1-17(2)15-19(5)25-21-7-11-23(12-8-21)27-24-13-9-22(10-14-24)26-20(6)16-18(3)4/h7-14,17-20,25-27H,15-16H2,1-6H3. The lowest BCUT2D eigenvalue weighted by Crippen LogP contribution is -2.17. The minimum Gasteiger partial charge on any atom is -0.383 e. The molecule has 2 aromatic carbocycles. The summed E-state index contributed by atoms with van der Waals surface area (Å²) in [5, 5.41) is 10.6. The first kappa shape index (κ1) is 21.1. The molecule has 27 heavy (non-hydrogen) atoms. The number of hydrogen-bond donors (Lipinski definition) is 3. The predicted octanol–water partition coefficient (Wildman–Crippen LogP) is 7.12. The second-order valence-electron chi connectivity index (χ2n) is 8.63. The Morgan fingerprint density at radius 3 is 1.11 bits per heavy atom. The van der Waals surface area contributed by atoms with Crippen LogP contribution in [0.3, 0.4) is 0 Å². The van der Waals surface area contributed by atoms with Crippen LogP contribution in [0, 0.1) is 11.8 Å². The van der Waals surface area contributed by atoms with Crippen LogP contribution in [0.2, 0.25) is 0 Å². The summed E-state index contributed by atoms with van der Waals surface area (Å²) >= 11 is 0. The molecule has 0 spiro atoms. The third kappa shape index (κ3) is 7.94. The number of rotatable bonds is 10. The fourth-order valence-corrected chi connectivity index (χ4v) is 3.57. The highest BCUT2D eigenvalue weighted by Crippen LogP contribution is 2.22. The van der Waals surface area contributed by atoms with Crippen molar-refractivity contribution in [2.75, 3.05) is 16.0 Å². The minimum absolute atomic E-state index is 0.488. The summed E-state index contributed by atoms with van der Waals surface area (Å²) in [5.41, 5.74) is 4.55. The van der Waals surface area contributed by atoms with E-state index in [9.17, 15) is 0 Å². The first-order valence-electron chi connectivity index (χ1n) is 10.3. The van der Waals surface area contributed by atoms with Crippen LogP contribution >= 0.6 is 0 Å². The van der Waals surface area contributed by atoms with Crippen LogP contribution < -0.4 is 16.0 Å². The zero-order chi connectivity index (χ0) is 19.8. The molecular weight excluding hydrogens is 330 g/mol. The van der Waals surface area contributed by atoms with E-state index in [1.165, 1.54) is 24.2 Å². The Labute approximate surface area is 166 Å². The van der Waals surface area contributed by atoms with E-state index in [0.717, 1.165) is 11.4 Å². The lowest BCUT2D eigenvalue weighted by Gasteiger charge is -2.18. The molecule has 0 aliphatic carbocycles. The van der Waals surface area contributed by atoms with Gasteiger partial charge in [0.05, 0.1) is 0 Å². The van der Waals surface area contributed by atoms with E-state index in [0.29, 0.717) is 23.9 Å². The average molecular weight is 368 g/mol. The van der Waals surface area contributed by atoms with Gasteiger partial charge < -0.3 is 16.0 Å². The summed E-state index contributed by atoms with van der Waals surface area (Å²) in [6, 6.07) is 18.0. The average Bonchev–Trinajstić information content (AvgIpc) is 2.57. The highest BCUT2D eigenvalue weighted by molar-refractivity contribution is 5.64. The van der Waals surface area contributed by atoms with Gasteiger partial charge in [0.25, 0.3) is 0 Å². The van der Waals surface area contributed by atoms with Gasteiger partial charge in [0.2, 0.25) is 0 Å². The van der Waals surface area contributed by atoms with Crippen molar-refractivity contribution in [3.63, 3.8) is 0 Å². The molecule has 3 nitrogen and oxygen atoms in total. The van der Waals surface area contributed by atoms with E-state index >= 15 is 0 Å². The Morgan fingerprint density at radius 1 is 0.519 bits per heavy atom. The van der Waals surface area contributed by atoms with Crippen molar-refractivity contribution in [3.05, 3.63) is 48.5 Å². The molecule has 2 rings (SSSR count). The monoisotopic (exact) mass is 367 g/mol. The molecule has 2 aromatic rings. The highest BCUT2D eigenvalue weighted by Gasteiger charge is 2.06. The number of hydrogen-bond acceptors (Lipinski definition) is 3. The number of benzene rings is 2. The van der Waals surface area contributed by atoms with Crippen LogP contribution in [0.5, 0.6) is 0 Å². The van der Waals surface area contributed by atoms with Gasteiger partial charge in [0.15, 0.2) is 0 Å². The van der Waals surface area contributed by atoms with Crippen molar-refractivity contribution in [1.29, 1.82) is 0 Å². The summed E-state index contributed by atoms with van der Waals surface area (Å²) < 4.78 is 0. The molecule has 3 N–H and O–H groups in total. The van der Waals surface area contributed by atoms with Crippen LogP contribution in [0.15, 0.2) is 48.5 Å². The second-order valence-corrected chi connectivity index (χ2v) is 8.63. The Morgan fingerprint density at radius 2 is 0.815 bits per heavy atom. The number of anilines is 4. The Balaban J connectivity index is 1.87. The van der Waals surface area contributed by atoms with E-state index in [1.807, 2.05) is 0 Å². The van der Waals surface area contributed by atoms with Crippen molar-refractivity contribution in [1.82, 2.24) is 0 Å². The van der Waals surface area contributed by atoms with Crippen LogP contribution in [0.4, 0.5) is 22.7 Å². The molecule has 2 atom stereocenters. The Hall–Kier alpha value is -2.16. The topological polar surface area (TPSA) is 36.1 Å². The van der Waals surface area contributed by atoms with Crippen molar-refractivity contribution < 1.29 is 0 Å². The minimum atomic E-state index is 0.488. The van der Waals surface area contributed by atoms with Crippen molar-refractivity contribution in [2.45, 2.75) is 66.5 Å². The molecule has 3 heteroatoms. The SMILES string of the molecule is CC(C)CC(C)Nc1ccc(Nc2ccc(NC(C)CC(C)C)cc2)cc1. The zero-order valence-electron chi connectivity index (χ0n) is 17.8. The van der Waals surface area contributed by atoms with Gasteiger partial charge in [-0.2, -0.15) is 0 Å². The largest absolute Gasteiger partial charge is 0.383 e. The van der Waals surface area contributed by atoms with Crippen LogP contribution in [-0.2, 0) is 0 Å². The third-order valence-corrected chi connectivity index (χ3v) is 4.53. The number of nitrogens with one attached hydrogen (secondary N) is 3. The molecule has 0 amide bonds. The van der Waals surface area contributed by atoms with Gasteiger partial charge in [0, 0.05) is 34.8 Å². The van der Waals surface area contributed by atoms with Gasteiger partial charge >= 0.3 is 0 Å². The maximum absolute atomic E-state index is 3.57. The third-order valence-electron chi connectivity index (χ3n) is 4.53. The van der Waals surface area contributed by atoms with Crippen LogP contribution in [0.1, 0.15) is 54.4 Å². The molecule has 0 radical (unpaired) electrons. The van der Waals surface area contributed by atoms with Gasteiger partial charge in [-0.05, 0) is 87.1 Å². The molecular formula is C24H37N3. The van der Waals surface area contributed by atoms with Gasteiger partial charge in [-0.1, -0.05) is 27.7 Å². The van der Waals surface area contributed by atoms with Crippen LogP contribution in [-0.4, -0.2) is 12.1 Å². The van der Waals surface area contributed by atoms with E-state index in [1.54, 1.807) is 0 Å². The van der Waals surface area contributed by atoms with Crippen molar-refractivity contribution >= 4 is 22.7 Å². The maximum atomic E-state index is 3.57. The van der Waals surface area contributed by atoms with E-state index in [2.05, 4.69) is 106 Å². The molecule has 0 aromatic heterocycles. The zero-order valence-corrected chi connectivity index (χ0v) is 17.8. The van der Waals surface area contributed by atoms with Gasteiger partial charge in [-0.25, -0.2) is 0 Å². The van der Waals surface area contributed by atoms with E-state index in [4.69, 9.17) is 0 Å². The fourth-order valence-electron chi connectivity index (χ4n) is 3.57. The summed E-state index contributed by atoms with van der Waals surface area (Å²) in [4.78, 5) is 0. The lowest BCUT2D eigenvalue weighted by atomic mass is 10.1. The van der Waals surface area contributed by atoms with Crippen molar-refractivity contribution in [3.8, 4) is 0 Å². The van der Waals surface area contributed by atoms with Gasteiger partial charge in [0.1, 0.15) is 0 Å². The predicted molar refractivity (Wildman–Crippen MR) is 121 cm³/mol. The lowest BCUT2D eigenvalue weighted by molar-refractivity contribution is 0.539. The first-order valence-corrected chi connectivity index (χ1v) is 10.3. The molecule has 0 saturated heterocycles. The summed E-state index contributed by atoms with van der Waals surface area (Å²) in [6.07, 6.45) is 2.35. The molecule has 148 valence electrons. The van der Waals surface area contributed by atoms with Gasteiger partial charge in [-0.15, -0.1) is 0 Å². The Kier molecular flexibility index (Phi) is 8.02. The molecule has 0 bridgehead atoms.